The van der Waals surface area contributed by atoms with Gasteiger partial charge in [-0.3, -0.25) is 0 Å². The minimum absolute atomic E-state index is 0. The first-order chi connectivity index (χ1) is 7.25. The molecule has 1 N–H and O–H groups in total. The zero-order chi connectivity index (χ0) is 10.7. The molecule has 16 heavy (non-hydrogen) atoms. The molecule has 0 aliphatic carbocycles. The van der Waals surface area contributed by atoms with E-state index in [1.807, 2.05) is 12.1 Å². The summed E-state index contributed by atoms with van der Waals surface area (Å²) in [6, 6.07) is 5.60. The molecule has 1 aromatic carbocycles. The van der Waals surface area contributed by atoms with Crippen molar-refractivity contribution in [1.29, 1.82) is 0 Å². The molecule has 0 aromatic heterocycles. The topological polar surface area (TPSA) is 21.3 Å². The number of halogens is 3. The van der Waals surface area contributed by atoms with E-state index in [1.165, 1.54) is 0 Å². The monoisotopic (exact) mass is 281 g/mol. The second-order valence-electron chi connectivity index (χ2n) is 3.67. The fourth-order valence-electron chi connectivity index (χ4n) is 1.61. The third kappa shape index (κ3) is 3.79. The normalized spacial score (nSPS) is 19.5. The van der Waals surface area contributed by atoms with Crippen molar-refractivity contribution in [2.75, 3.05) is 13.1 Å². The van der Waals surface area contributed by atoms with Crippen molar-refractivity contribution < 1.29 is 4.74 Å². The number of ether oxygens (including phenoxy) is 1. The first-order valence-electron chi connectivity index (χ1n) is 5.02. The van der Waals surface area contributed by atoms with Crippen LogP contribution in [0.4, 0.5) is 0 Å². The first kappa shape index (κ1) is 14.1. The summed E-state index contributed by atoms with van der Waals surface area (Å²) in [6.07, 6.45) is 1.42. The summed E-state index contributed by atoms with van der Waals surface area (Å²) in [5, 5.41) is 4.43. The Kier molecular flexibility index (Phi) is 5.87. The van der Waals surface area contributed by atoms with Crippen LogP contribution in [0.3, 0.4) is 0 Å². The summed E-state index contributed by atoms with van der Waals surface area (Å²) in [5.41, 5.74) is 1.07. The molecule has 1 fully saturated rings. The van der Waals surface area contributed by atoms with E-state index in [1.54, 1.807) is 6.07 Å². The molecule has 1 aliphatic heterocycles. The summed E-state index contributed by atoms with van der Waals surface area (Å²) in [5.74, 6) is 0. The highest BCUT2D eigenvalue weighted by atomic mass is 35.5. The lowest BCUT2D eigenvalue weighted by atomic mass is 10.2. The lowest BCUT2D eigenvalue weighted by molar-refractivity contribution is 0.0542. The van der Waals surface area contributed by atoms with Crippen molar-refractivity contribution in [3.05, 3.63) is 33.8 Å². The van der Waals surface area contributed by atoms with Crippen LogP contribution in [0.25, 0.3) is 0 Å². The van der Waals surface area contributed by atoms with Crippen LogP contribution >= 0.6 is 35.6 Å². The Balaban J connectivity index is 0.00000128. The first-order valence-corrected chi connectivity index (χ1v) is 5.77. The van der Waals surface area contributed by atoms with Gasteiger partial charge in [-0.25, -0.2) is 0 Å². The molecule has 2 rings (SSSR count). The Morgan fingerprint density at radius 2 is 2.12 bits per heavy atom. The van der Waals surface area contributed by atoms with Gasteiger partial charge in [-0.2, -0.15) is 0 Å². The molecular formula is C11H14Cl3NO. The van der Waals surface area contributed by atoms with Gasteiger partial charge in [0, 0.05) is 6.54 Å². The van der Waals surface area contributed by atoms with Crippen LogP contribution in [-0.4, -0.2) is 19.2 Å². The second kappa shape index (κ2) is 6.67. The summed E-state index contributed by atoms with van der Waals surface area (Å²) in [7, 11) is 0. The van der Waals surface area contributed by atoms with E-state index in [0.717, 1.165) is 25.1 Å². The lowest BCUT2D eigenvalue weighted by Crippen LogP contribution is -2.16. The Morgan fingerprint density at radius 3 is 2.75 bits per heavy atom. The fourth-order valence-corrected chi connectivity index (χ4v) is 1.93. The van der Waals surface area contributed by atoms with Gasteiger partial charge in [-0.05, 0) is 30.7 Å². The van der Waals surface area contributed by atoms with Crippen LogP contribution in [0, 0.1) is 0 Å². The van der Waals surface area contributed by atoms with E-state index in [-0.39, 0.29) is 12.4 Å². The summed E-state index contributed by atoms with van der Waals surface area (Å²) >= 11 is 11.7. The lowest BCUT2D eigenvalue weighted by Gasteiger charge is -2.10. The highest BCUT2D eigenvalue weighted by molar-refractivity contribution is 6.42. The van der Waals surface area contributed by atoms with Gasteiger partial charge >= 0.3 is 0 Å². The predicted octanol–water partition coefficient (Wildman–Crippen LogP) is 3.29. The van der Waals surface area contributed by atoms with Crippen molar-refractivity contribution >= 4 is 35.6 Å². The highest BCUT2D eigenvalue weighted by Gasteiger charge is 2.14. The molecule has 5 heteroatoms. The average Bonchev–Trinajstić information content (AvgIpc) is 2.73. The summed E-state index contributed by atoms with van der Waals surface area (Å²) in [6.45, 7) is 2.59. The largest absolute Gasteiger partial charge is 0.372 e. The van der Waals surface area contributed by atoms with Gasteiger partial charge < -0.3 is 10.1 Å². The number of benzene rings is 1. The quantitative estimate of drug-likeness (QED) is 0.918. The van der Waals surface area contributed by atoms with Crippen molar-refractivity contribution in [2.24, 2.45) is 0 Å². The predicted molar refractivity (Wildman–Crippen MR) is 69.8 cm³/mol. The van der Waals surface area contributed by atoms with E-state index < -0.39 is 0 Å². The molecule has 1 saturated heterocycles. The fraction of sp³-hybridized carbons (Fsp3) is 0.455. The highest BCUT2D eigenvalue weighted by Crippen LogP contribution is 2.23. The number of rotatable bonds is 3. The number of hydrogen-bond donors (Lipinski definition) is 1. The molecule has 1 heterocycles. The standard InChI is InChI=1S/C11H13Cl2NO.ClH/c12-10-2-1-8(5-11(10)13)7-15-9-3-4-14-6-9;/h1-2,5,9,14H,3-4,6-7H2;1H/t9-;/m1./s1. The van der Waals surface area contributed by atoms with Crippen LogP contribution in [0.1, 0.15) is 12.0 Å². The third-order valence-corrected chi connectivity index (χ3v) is 3.22. The van der Waals surface area contributed by atoms with Gasteiger partial charge in [-0.15, -0.1) is 12.4 Å². The molecule has 1 aliphatic rings. The summed E-state index contributed by atoms with van der Waals surface area (Å²) in [4.78, 5) is 0. The molecule has 90 valence electrons. The van der Waals surface area contributed by atoms with Crippen molar-refractivity contribution in [1.82, 2.24) is 5.32 Å². The average molecular weight is 283 g/mol. The van der Waals surface area contributed by atoms with E-state index in [4.69, 9.17) is 27.9 Å². The minimum atomic E-state index is 0. The van der Waals surface area contributed by atoms with Gasteiger partial charge in [0.05, 0.1) is 22.8 Å². The second-order valence-corrected chi connectivity index (χ2v) is 4.49. The molecule has 2 nitrogen and oxygen atoms in total. The van der Waals surface area contributed by atoms with Crippen LogP contribution in [0.2, 0.25) is 10.0 Å². The van der Waals surface area contributed by atoms with E-state index in [2.05, 4.69) is 5.32 Å². The van der Waals surface area contributed by atoms with Gasteiger partial charge in [0.2, 0.25) is 0 Å². The maximum Gasteiger partial charge on any atom is 0.0721 e. The van der Waals surface area contributed by atoms with Gasteiger partial charge in [0.25, 0.3) is 0 Å². The van der Waals surface area contributed by atoms with E-state index in [0.29, 0.717) is 22.8 Å². The molecule has 0 unspecified atom stereocenters. The van der Waals surface area contributed by atoms with Crippen LogP contribution in [0.15, 0.2) is 18.2 Å². The van der Waals surface area contributed by atoms with Crippen LogP contribution < -0.4 is 5.32 Å². The van der Waals surface area contributed by atoms with Crippen LogP contribution in [-0.2, 0) is 11.3 Å². The zero-order valence-corrected chi connectivity index (χ0v) is 11.0. The van der Waals surface area contributed by atoms with Crippen LogP contribution in [0.5, 0.6) is 0 Å². The SMILES string of the molecule is Cl.Clc1ccc(CO[C@@H]2CCNC2)cc1Cl. The Labute approximate surface area is 112 Å². The number of nitrogens with one attached hydrogen (secondary N) is 1. The number of hydrogen-bond acceptors (Lipinski definition) is 2. The third-order valence-electron chi connectivity index (χ3n) is 2.48. The minimum Gasteiger partial charge on any atom is -0.372 e. The van der Waals surface area contributed by atoms with Crippen molar-refractivity contribution in [3.63, 3.8) is 0 Å². The van der Waals surface area contributed by atoms with Gasteiger partial charge in [0.1, 0.15) is 0 Å². The Hall–Kier alpha value is 0.01000. The van der Waals surface area contributed by atoms with Gasteiger partial charge in [0.15, 0.2) is 0 Å². The summed E-state index contributed by atoms with van der Waals surface area (Å²) < 4.78 is 5.72. The van der Waals surface area contributed by atoms with Gasteiger partial charge in [-0.1, -0.05) is 29.3 Å². The van der Waals surface area contributed by atoms with Crippen molar-refractivity contribution in [2.45, 2.75) is 19.1 Å². The van der Waals surface area contributed by atoms with E-state index in [9.17, 15) is 0 Å². The Morgan fingerprint density at radius 1 is 1.31 bits per heavy atom. The Bertz CT molecular complexity index is 340. The zero-order valence-electron chi connectivity index (χ0n) is 8.71. The smallest absolute Gasteiger partial charge is 0.0721 e. The molecule has 0 amide bonds. The molecule has 0 spiro atoms. The van der Waals surface area contributed by atoms with E-state index >= 15 is 0 Å². The van der Waals surface area contributed by atoms with Crippen molar-refractivity contribution in [3.8, 4) is 0 Å². The molecule has 1 atom stereocenters. The molecule has 1 aromatic rings. The molecule has 0 bridgehead atoms. The maximum absolute atomic E-state index is 5.91. The molecule has 0 radical (unpaired) electrons. The molecule has 0 saturated carbocycles. The molecular weight excluding hydrogens is 268 g/mol. The maximum atomic E-state index is 5.91.